The summed E-state index contributed by atoms with van der Waals surface area (Å²) in [6, 6.07) is -1.11. The van der Waals surface area contributed by atoms with Gasteiger partial charge in [-0.05, 0) is 12.8 Å². The molecule has 0 spiro atoms. The molecular formula is C10H16F2N6. The van der Waals surface area contributed by atoms with Gasteiger partial charge in [-0.15, -0.1) is 0 Å². The minimum atomic E-state index is -2.85. The summed E-state index contributed by atoms with van der Waals surface area (Å²) < 4.78 is 27.6. The lowest BCUT2D eigenvalue weighted by atomic mass is 9.91. The fourth-order valence-corrected chi connectivity index (χ4v) is 2.17. The first-order chi connectivity index (χ1) is 8.43. The van der Waals surface area contributed by atoms with E-state index in [4.69, 9.17) is 17.3 Å². The lowest BCUT2D eigenvalue weighted by Crippen LogP contribution is -2.54. The van der Waals surface area contributed by atoms with Gasteiger partial charge in [0.1, 0.15) is 18.1 Å². The second kappa shape index (κ2) is 4.52. The molecule has 6 nitrogen and oxygen atoms in total. The van der Waals surface area contributed by atoms with Crippen molar-refractivity contribution in [2.75, 3.05) is 16.5 Å². The van der Waals surface area contributed by atoms with Gasteiger partial charge in [-0.2, -0.15) is 0 Å². The van der Waals surface area contributed by atoms with E-state index < -0.39 is 12.0 Å². The zero-order chi connectivity index (χ0) is 13.3. The van der Waals surface area contributed by atoms with Crippen molar-refractivity contribution in [3.63, 3.8) is 0 Å². The number of nitrogen functional groups attached to an aromatic ring is 2. The Kier molecular flexibility index (Phi) is 3.20. The molecule has 1 saturated carbocycles. The van der Waals surface area contributed by atoms with Crippen LogP contribution in [-0.2, 0) is 0 Å². The molecule has 1 aromatic rings. The van der Waals surface area contributed by atoms with Crippen molar-refractivity contribution < 1.29 is 8.78 Å². The van der Waals surface area contributed by atoms with E-state index in [0.29, 0.717) is 19.3 Å². The zero-order valence-electron chi connectivity index (χ0n) is 9.81. The number of hydrogen-bond donors (Lipinski definition) is 3. The third kappa shape index (κ3) is 2.15. The van der Waals surface area contributed by atoms with Crippen LogP contribution in [0.5, 0.6) is 0 Å². The van der Waals surface area contributed by atoms with Gasteiger partial charge in [0.15, 0.2) is 11.6 Å². The normalized spacial score (nSPS) is 22.7. The SMILES string of the molecule is Nc1ncnc(N(N)C2CCCCC2(F)F)c1N. The molecule has 1 unspecified atom stereocenters. The Morgan fingerprint density at radius 3 is 2.67 bits per heavy atom. The van der Waals surface area contributed by atoms with Crippen LogP contribution in [0.25, 0.3) is 0 Å². The predicted octanol–water partition coefficient (Wildman–Crippen LogP) is 0.899. The van der Waals surface area contributed by atoms with Crippen LogP contribution in [0.4, 0.5) is 26.1 Å². The first kappa shape index (κ1) is 12.7. The summed E-state index contributed by atoms with van der Waals surface area (Å²) in [6.07, 6.45) is 2.48. The number of alkyl halides is 2. The molecule has 0 radical (unpaired) electrons. The lowest BCUT2D eigenvalue weighted by Gasteiger charge is -2.37. The molecule has 100 valence electrons. The van der Waals surface area contributed by atoms with E-state index in [1.165, 1.54) is 0 Å². The molecule has 1 fully saturated rings. The molecule has 1 heterocycles. The molecule has 1 aliphatic rings. The van der Waals surface area contributed by atoms with E-state index in [1.54, 1.807) is 0 Å². The molecule has 18 heavy (non-hydrogen) atoms. The topological polar surface area (TPSA) is 107 Å². The average Bonchev–Trinajstić information content (AvgIpc) is 2.31. The van der Waals surface area contributed by atoms with E-state index in [9.17, 15) is 8.78 Å². The van der Waals surface area contributed by atoms with Crippen molar-refractivity contribution in [1.29, 1.82) is 0 Å². The summed E-state index contributed by atoms with van der Waals surface area (Å²) in [7, 11) is 0. The summed E-state index contributed by atoms with van der Waals surface area (Å²) in [4.78, 5) is 7.51. The highest BCUT2D eigenvalue weighted by molar-refractivity contribution is 5.73. The van der Waals surface area contributed by atoms with Gasteiger partial charge in [0.2, 0.25) is 0 Å². The number of nitrogens with zero attached hydrogens (tertiary/aromatic N) is 3. The van der Waals surface area contributed by atoms with Crippen LogP contribution < -0.4 is 22.3 Å². The van der Waals surface area contributed by atoms with E-state index in [0.717, 1.165) is 11.3 Å². The minimum absolute atomic E-state index is 0.0290. The van der Waals surface area contributed by atoms with E-state index >= 15 is 0 Å². The van der Waals surface area contributed by atoms with Gasteiger partial charge in [0.05, 0.1) is 0 Å². The van der Waals surface area contributed by atoms with Crippen LogP contribution in [0.3, 0.4) is 0 Å². The highest BCUT2D eigenvalue weighted by Gasteiger charge is 2.45. The molecule has 0 aliphatic heterocycles. The maximum atomic E-state index is 13.8. The van der Waals surface area contributed by atoms with Gasteiger partial charge < -0.3 is 11.5 Å². The van der Waals surface area contributed by atoms with Crippen LogP contribution in [0, 0.1) is 0 Å². The molecule has 0 saturated heterocycles. The number of nitrogens with two attached hydrogens (primary N) is 3. The highest BCUT2D eigenvalue weighted by atomic mass is 19.3. The smallest absolute Gasteiger partial charge is 0.269 e. The number of halogens is 2. The molecule has 1 atom stereocenters. The van der Waals surface area contributed by atoms with Crippen LogP contribution in [-0.4, -0.2) is 21.9 Å². The van der Waals surface area contributed by atoms with Crippen molar-refractivity contribution in [3.8, 4) is 0 Å². The highest BCUT2D eigenvalue weighted by Crippen LogP contribution is 2.38. The Morgan fingerprint density at radius 1 is 1.28 bits per heavy atom. The van der Waals surface area contributed by atoms with Crippen molar-refractivity contribution >= 4 is 17.3 Å². The van der Waals surface area contributed by atoms with Gasteiger partial charge in [-0.25, -0.2) is 24.6 Å². The lowest BCUT2D eigenvalue weighted by molar-refractivity contribution is -0.0542. The molecule has 0 aromatic carbocycles. The van der Waals surface area contributed by atoms with Gasteiger partial charge >= 0.3 is 0 Å². The number of hydrazine groups is 1. The van der Waals surface area contributed by atoms with Crippen LogP contribution >= 0.6 is 0 Å². The Bertz CT molecular complexity index is 438. The molecule has 0 amide bonds. The quantitative estimate of drug-likeness (QED) is 0.537. The van der Waals surface area contributed by atoms with Crippen LogP contribution in [0.2, 0.25) is 0 Å². The first-order valence-corrected chi connectivity index (χ1v) is 5.71. The second-order valence-corrected chi connectivity index (χ2v) is 4.43. The van der Waals surface area contributed by atoms with Crippen LogP contribution in [0.1, 0.15) is 25.7 Å². The van der Waals surface area contributed by atoms with Gasteiger partial charge in [-0.1, -0.05) is 6.42 Å². The van der Waals surface area contributed by atoms with Crippen molar-refractivity contribution in [2.24, 2.45) is 5.84 Å². The Morgan fingerprint density at radius 2 is 2.00 bits per heavy atom. The van der Waals surface area contributed by atoms with Gasteiger partial charge in [-0.3, -0.25) is 5.01 Å². The molecule has 1 aliphatic carbocycles. The van der Waals surface area contributed by atoms with Crippen molar-refractivity contribution in [3.05, 3.63) is 6.33 Å². The first-order valence-electron chi connectivity index (χ1n) is 5.71. The fourth-order valence-electron chi connectivity index (χ4n) is 2.17. The Labute approximate surface area is 103 Å². The second-order valence-electron chi connectivity index (χ2n) is 4.43. The van der Waals surface area contributed by atoms with E-state index in [1.807, 2.05) is 0 Å². The average molecular weight is 258 g/mol. The molecular weight excluding hydrogens is 242 g/mol. The summed E-state index contributed by atoms with van der Waals surface area (Å²) in [5.41, 5.74) is 11.2. The summed E-state index contributed by atoms with van der Waals surface area (Å²) in [6.45, 7) is 0. The van der Waals surface area contributed by atoms with E-state index in [2.05, 4.69) is 9.97 Å². The summed E-state index contributed by atoms with van der Waals surface area (Å²) >= 11 is 0. The molecule has 2 rings (SSSR count). The number of hydrogen-bond acceptors (Lipinski definition) is 6. The predicted molar refractivity (Wildman–Crippen MR) is 64.7 cm³/mol. The Hall–Kier alpha value is -1.70. The van der Waals surface area contributed by atoms with Crippen molar-refractivity contribution in [2.45, 2.75) is 37.6 Å². The maximum Gasteiger partial charge on any atom is 0.269 e. The summed E-state index contributed by atoms with van der Waals surface area (Å²) in [5.74, 6) is 2.98. The molecule has 8 heteroatoms. The maximum absolute atomic E-state index is 13.8. The van der Waals surface area contributed by atoms with E-state index in [-0.39, 0.29) is 23.7 Å². The molecule has 0 bridgehead atoms. The monoisotopic (exact) mass is 258 g/mol. The number of aromatic nitrogens is 2. The molecule has 6 N–H and O–H groups in total. The largest absolute Gasteiger partial charge is 0.393 e. The van der Waals surface area contributed by atoms with Crippen molar-refractivity contribution in [1.82, 2.24) is 9.97 Å². The third-order valence-electron chi connectivity index (χ3n) is 3.20. The number of anilines is 3. The van der Waals surface area contributed by atoms with Gasteiger partial charge in [0, 0.05) is 6.42 Å². The molecule has 1 aromatic heterocycles. The number of rotatable bonds is 2. The standard InChI is InChI=1S/C10H16F2N6/c11-10(12)4-2-1-3-6(10)18(15)9-7(13)8(14)16-5-17-9/h5-6H,1-4,13,15H2,(H2,14,16,17). The van der Waals surface area contributed by atoms with Crippen LogP contribution in [0.15, 0.2) is 6.33 Å². The Balaban J connectivity index is 2.30. The third-order valence-corrected chi connectivity index (χ3v) is 3.20. The fraction of sp³-hybridized carbons (Fsp3) is 0.600. The minimum Gasteiger partial charge on any atom is -0.393 e. The van der Waals surface area contributed by atoms with Gasteiger partial charge in [0.25, 0.3) is 5.92 Å². The zero-order valence-corrected chi connectivity index (χ0v) is 9.81. The summed E-state index contributed by atoms with van der Waals surface area (Å²) in [5, 5.41) is 0.923.